The number of aromatic nitrogens is 2. The minimum atomic E-state index is -4.48. The van der Waals surface area contributed by atoms with E-state index in [4.69, 9.17) is 8.83 Å². The number of carboxylic acids is 1. The second kappa shape index (κ2) is 7.93. The first-order valence-corrected chi connectivity index (χ1v) is 8.78. The number of halogens is 3. The predicted molar refractivity (Wildman–Crippen MR) is 91.7 cm³/mol. The second-order valence-corrected chi connectivity index (χ2v) is 6.49. The first-order chi connectivity index (χ1) is 13.3. The van der Waals surface area contributed by atoms with Crippen LogP contribution in [0, 0.1) is 0 Å². The fourth-order valence-corrected chi connectivity index (χ4v) is 2.88. The molecule has 10 heteroatoms. The van der Waals surface area contributed by atoms with E-state index in [0.717, 1.165) is 12.1 Å². The van der Waals surface area contributed by atoms with Gasteiger partial charge in [0.2, 0.25) is 5.89 Å². The standard InChI is InChI=1S/C18H13F3N2O4S/c1-2-15-22-23-17(27-15)28-14(16(24)25)9-12-6-7-13(26-12)10-4-3-5-11(8-10)18(19,20)21/h3-9H,2H2,1H3,(H,24,25)/p-1/b14-9+. The molecule has 2 heterocycles. The summed E-state index contributed by atoms with van der Waals surface area (Å²) in [5.41, 5.74) is -0.603. The molecule has 3 aromatic rings. The van der Waals surface area contributed by atoms with Crippen LogP contribution in [0.2, 0.25) is 0 Å². The molecule has 28 heavy (non-hydrogen) atoms. The van der Waals surface area contributed by atoms with E-state index in [2.05, 4.69) is 10.2 Å². The number of aliphatic carboxylic acids is 1. The number of rotatable bonds is 6. The maximum atomic E-state index is 12.8. The van der Waals surface area contributed by atoms with Crippen molar-refractivity contribution in [3.63, 3.8) is 0 Å². The van der Waals surface area contributed by atoms with Crippen LogP contribution in [-0.4, -0.2) is 16.2 Å². The normalized spacial score (nSPS) is 12.4. The molecule has 3 rings (SSSR count). The summed E-state index contributed by atoms with van der Waals surface area (Å²) in [6.45, 7) is 1.80. The highest BCUT2D eigenvalue weighted by Crippen LogP contribution is 2.33. The van der Waals surface area contributed by atoms with Crippen molar-refractivity contribution < 1.29 is 31.9 Å². The minimum Gasteiger partial charge on any atom is -0.544 e. The van der Waals surface area contributed by atoms with E-state index in [0.29, 0.717) is 24.1 Å². The van der Waals surface area contributed by atoms with Crippen LogP contribution in [0.1, 0.15) is 24.1 Å². The fraction of sp³-hybridized carbons (Fsp3) is 0.167. The third kappa shape index (κ3) is 4.63. The zero-order valence-corrected chi connectivity index (χ0v) is 15.1. The first-order valence-electron chi connectivity index (χ1n) is 7.97. The highest BCUT2D eigenvalue weighted by Gasteiger charge is 2.30. The molecule has 2 aromatic heterocycles. The summed E-state index contributed by atoms with van der Waals surface area (Å²) in [5.74, 6) is -0.858. The van der Waals surface area contributed by atoms with E-state index in [1.807, 2.05) is 0 Å². The van der Waals surface area contributed by atoms with E-state index >= 15 is 0 Å². The van der Waals surface area contributed by atoms with Gasteiger partial charge in [-0.1, -0.05) is 19.1 Å². The third-order valence-electron chi connectivity index (χ3n) is 3.52. The topological polar surface area (TPSA) is 92.2 Å². The average Bonchev–Trinajstić information content (AvgIpc) is 3.30. The predicted octanol–water partition coefficient (Wildman–Crippen LogP) is 3.79. The van der Waals surface area contributed by atoms with Crippen LogP contribution in [0.5, 0.6) is 0 Å². The largest absolute Gasteiger partial charge is 0.544 e. The van der Waals surface area contributed by atoms with E-state index in [9.17, 15) is 23.1 Å². The molecule has 0 saturated carbocycles. The number of carbonyl (C=O) groups excluding carboxylic acids is 1. The van der Waals surface area contributed by atoms with Gasteiger partial charge in [-0.2, -0.15) is 13.2 Å². The van der Waals surface area contributed by atoms with Crippen molar-refractivity contribution in [3.8, 4) is 11.3 Å². The van der Waals surface area contributed by atoms with Gasteiger partial charge in [0.15, 0.2) is 0 Å². The number of thioether (sulfide) groups is 1. The smallest absolute Gasteiger partial charge is 0.416 e. The molecule has 0 radical (unpaired) electrons. The molecule has 0 N–H and O–H groups in total. The molecule has 6 nitrogen and oxygen atoms in total. The van der Waals surface area contributed by atoms with E-state index < -0.39 is 17.7 Å². The maximum Gasteiger partial charge on any atom is 0.416 e. The van der Waals surface area contributed by atoms with Crippen LogP contribution < -0.4 is 5.11 Å². The van der Waals surface area contributed by atoms with Crippen LogP contribution in [0.4, 0.5) is 13.2 Å². The number of benzene rings is 1. The van der Waals surface area contributed by atoms with Crippen molar-refractivity contribution in [2.75, 3.05) is 0 Å². The molecular weight excluding hydrogens is 397 g/mol. The Hall–Kier alpha value is -3.01. The van der Waals surface area contributed by atoms with Crippen LogP contribution in [0.15, 0.2) is 55.4 Å². The molecule has 0 saturated heterocycles. The number of carbonyl (C=O) groups is 1. The van der Waals surface area contributed by atoms with Gasteiger partial charge in [0.1, 0.15) is 11.5 Å². The number of aryl methyl sites for hydroxylation is 1. The van der Waals surface area contributed by atoms with Crippen molar-refractivity contribution >= 4 is 23.8 Å². The summed E-state index contributed by atoms with van der Waals surface area (Å²) in [4.78, 5) is 11.1. The Labute approximate surface area is 161 Å². The summed E-state index contributed by atoms with van der Waals surface area (Å²) in [6, 6.07) is 7.50. The molecule has 1 aromatic carbocycles. The van der Waals surface area contributed by atoms with E-state index in [1.165, 1.54) is 30.3 Å². The number of alkyl halides is 3. The van der Waals surface area contributed by atoms with Crippen LogP contribution in [-0.2, 0) is 17.4 Å². The number of hydrogen-bond donors (Lipinski definition) is 0. The van der Waals surface area contributed by atoms with Gasteiger partial charge in [-0.25, -0.2) is 0 Å². The van der Waals surface area contributed by atoms with E-state index in [1.54, 1.807) is 6.92 Å². The van der Waals surface area contributed by atoms with Gasteiger partial charge in [0, 0.05) is 16.9 Å². The van der Waals surface area contributed by atoms with Crippen molar-refractivity contribution in [3.05, 3.63) is 58.5 Å². The monoisotopic (exact) mass is 409 g/mol. The van der Waals surface area contributed by atoms with Crippen LogP contribution in [0.25, 0.3) is 17.4 Å². The third-order valence-corrected chi connectivity index (χ3v) is 4.37. The molecular formula is C18H12F3N2O4S-. The van der Waals surface area contributed by atoms with Crippen LogP contribution >= 0.6 is 11.8 Å². The van der Waals surface area contributed by atoms with Crippen LogP contribution in [0.3, 0.4) is 0 Å². The lowest BCUT2D eigenvalue weighted by molar-refractivity contribution is -0.298. The molecule has 0 unspecified atom stereocenters. The molecule has 146 valence electrons. The molecule has 0 aliphatic heterocycles. The fourth-order valence-electron chi connectivity index (χ4n) is 2.21. The molecule has 0 aliphatic rings. The van der Waals surface area contributed by atoms with Gasteiger partial charge in [0.05, 0.1) is 11.5 Å². The van der Waals surface area contributed by atoms with Crippen molar-refractivity contribution in [1.82, 2.24) is 10.2 Å². The van der Waals surface area contributed by atoms with Crippen molar-refractivity contribution in [2.24, 2.45) is 0 Å². The van der Waals surface area contributed by atoms with Gasteiger partial charge in [-0.05, 0) is 42.1 Å². The Balaban J connectivity index is 1.86. The summed E-state index contributed by atoms with van der Waals surface area (Å²) >= 11 is 0.689. The Morgan fingerprint density at radius 1 is 1.21 bits per heavy atom. The number of hydrogen-bond acceptors (Lipinski definition) is 7. The zero-order valence-electron chi connectivity index (χ0n) is 14.3. The molecule has 0 fully saturated rings. The number of nitrogens with zero attached hydrogens (tertiary/aromatic N) is 2. The highest BCUT2D eigenvalue weighted by atomic mass is 32.2. The van der Waals surface area contributed by atoms with Gasteiger partial charge in [-0.3, -0.25) is 0 Å². The Morgan fingerprint density at radius 3 is 2.64 bits per heavy atom. The number of furan rings is 1. The Kier molecular flexibility index (Phi) is 5.59. The summed E-state index contributed by atoms with van der Waals surface area (Å²) < 4.78 is 49.3. The van der Waals surface area contributed by atoms with Crippen molar-refractivity contribution in [1.29, 1.82) is 0 Å². The quantitative estimate of drug-likeness (QED) is 0.452. The average molecular weight is 409 g/mol. The first kappa shape index (κ1) is 19.7. The Morgan fingerprint density at radius 2 is 2.00 bits per heavy atom. The lowest BCUT2D eigenvalue weighted by atomic mass is 10.1. The molecule has 0 atom stereocenters. The van der Waals surface area contributed by atoms with E-state index in [-0.39, 0.29) is 27.2 Å². The lowest BCUT2D eigenvalue weighted by Crippen LogP contribution is -2.22. The van der Waals surface area contributed by atoms with Crippen molar-refractivity contribution in [2.45, 2.75) is 24.7 Å². The lowest BCUT2D eigenvalue weighted by Gasteiger charge is -2.07. The highest BCUT2D eigenvalue weighted by molar-refractivity contribution is 8.03. The molecule has 0 amide bonds. The molecule has 0 spiro atoms. The zero-order chi connectivity index (χ0) is 20.3. The van der Waals surface area contributed by atoms with Gasteiger partial charge >= 0.3 is 6.18 Å². The van der Waals surface area contributed by atoms with Gasteiger partial charge < -0.3 is 18.7 Å². The second-order valence-electron chi connectivity index (χ2n) is 5.49. The van der Waals surface area contributed by atoms with Gasteiger partial charge in [0.25, 0.3) is 5.22 Å². The Bertz CT molecular complexity index is 1020. The maximum absolute atomic E-state index is 12.8. The van der Waals surface area contributed by atoms with Gasteiger partial charge in [-0.15, -0.1) is 10.2 Å². The summed E-state index contributed by atoms with van der Waals surface area (Å²) in [6.07, 6.45) is -2.81. The molecule has 0 aliphatic carbocycles. The summed E-state index contributed by atoms with van der Waals surface area (Å²) in [7, 11) is 0. The SMILES string of the molecule is CCc1nnc(S/C(=C/c2ccc(-c3cccc(C(F)(F)F)c3)o2)C(=O)[O-])o1. The minimum absolute atomic E-state index is 0.0250. The number of carboxylic acid groups (broad SMARTS) is 1. The molecule has 0 bridgehead atoms. The summed E-state index contributed by atoms with van der Waals surface area (Å²) in [5, 5.41) is 18.8.